The zero-order valence-corrected chi connectivity index (χ0v) is 20.9. The number of hydrazine groups is 1. The molecule has 3 rings (SSSR count). The molecule has 2 heterocycles. The van der Waals surface area contributed by atoms with Crippen LogP contribution in [0.4, 0.5) is 0 Å². The van der Waals surface area contributed by atoms with Crippen molar-refractivity contribution >= 4 is 33.7 Å². The molecule has 2 unspecified atom stereocenters. The van der Waals surface area contributed by atoms with E-state index in [9.17, 15) is 9.59 Å². The van der Waals surface area contributed by atoms with Crippen LogP contribution in [-0.4, -0.2) is 39.7 Å². The third-order valence-electron chi connectivity index (χ3n) is 4.74. The van der Waals surface area contributed by atoms with E-state index in [1.54, 1.807) is 17.6 Å². The van der Waals surface area contributed by atoms with Crippen molar-refractivity contribution in [3.63, 3.8) is 0 Å². The van der Waals surface area contributed by atoms with E-state index < -0.39 is 6.04 Å². The molecule has 1 fully saturated rings. The monoisotopic (exact) mass is 624 g/mol. The van der Waals surface area contributed by atoms with E-state index in [2.05, 4.69) is 0 Å². The van der Waals surface area contributed by atoms with E-state index in [0.717, 1.165) is 28.1 Å². The predicted octanol–water partition coefficient (Wildman–Crippen LogP) is 2.07. The summed E-state index contributed by atoms with van der Waals surface area (Å²) in [6.07, 6.45) is 4.64. The SMILES string of the molecule is CC(C)C(C(=O)N1CCCC1c1nc2ccccc2s1)N(N)/C=C(\N)[C-]=O.[U]. The van der Waals surface area contributed by atoms with Crippen molar-refractivity contribution in [2.75, 3.05) is 6.54 Å². The molecule has 1 aromatic heterocycles. The fraction of sp³-hybridized carbons (Fsp3) is 0.421. The molecule has 1 aliphatic rings. The summed E-state index contributed by atoms with van der Waals surface area (Å²) < 4.78 is 1.12. The number of nitrogens with zero attached hydrogens (tertiary/aromatic N) is 3. The van der Waals surface area contributed by atoms with Gasteiger partial charge in [-0.3, -0.25) is 10.6 Å². The number of likely N-dealkylation sites (tertiary alicyclic amines) is 1. The smallest absolute Gasteiger partial charge is 0.245 e. The number of carbonyl (C=O) groups excluding carboxylic acids is 2. The Morgan fingerprint density at radius 3 is 2.79 bits per heavy atom. The quantitative estimate of drug-likeness (QED) is 0.221. The summed E-state index contributed by atoms with van der Waals surface area (Å²) >= 11 is 1.63. The Hall–Kier alpha value is -1.40. The number of hydrogen-bond donors (Lipinski definition) is 2. The molecule has 0 spiro atoms. The van der Waals surface area contributed by atoms with Gasteiger partial charge in [-0.15, -0.1) is 17.5 Å². The van der Waals surface area contributed by atoms with Crippen molar-refractivity contribution in [1.29, 1.82) is 0 Å². The number of nitrogens with two attached hydrogens (primary N) is 2. The average molecular weight is 625 g/mol. The van der Waals surface area contributed by atoms with Crippen LogP contribution in [0, 0.1) is 37.0 Å². The minimum Gasteiger partial charge on any atom is -0.427 e. The number of carbonyl (C=O) groups is 1. The molecule has 9 heteroatoms. The Morgan fingerprint density at radius 1 is 1.43 bits per heavy atom. The zero-order chi connectivity index (χ0) is 19.6. The van der Waals surface area contributed by atoms with Gasteiger partial charge >= 0.3 is 0 Å². The van der Waals surface area contributed by atoms with Gasteiger partial charge in [-0.2, -0.15) is 0 Å². The normalized spacial score (nSPS) is 18.2. The Morgan fingerprint density at radius 2 is 2.14 bits per heavy atom. The van der Waals surface area contributed by atoms with Gasteiger partial charge < -0.3 is 20.4 Å². The van der Waals surface area contributed by atoms with Crippen LogP contribution in [0.2, 0.25) is 0 Å². The van der Waals surface area contributed by atoms with Gasteiger partial charge in [0.1, 0.15) is 11.0 Å². The molecule has 1 saturated heterocycles. The second kappa shape index (κ2) is 9.88. The van der Waals surface area contributed by atoms with Crippen molar-refractivity contribution in [2.45, 2.75) is 38.8 Å². The van der Waals surface area contributed by atoms with Crippen LogP contribution in [0.25, 0.3) is 10.2 Å². The van der Waals surface area contributed by atoms with Gasteiger partial charge in [0, 0.05) is 43.9 Å². The van der Waals surface area contributed by atoms with Crippen molar-refractivity contribution in [1.82, 2.24) is 14.9 Å². The minimum atomic E-state index is -0.619. The molecule has 7 nitrogen and oxygen atoms in total. The molecule has 0 saturated carbocycles. The largest absolute Gasteiger partial charge is 0.427 e. The van der Waals surface area contributed by atoms with Gasteiger partial charge in [0.2, 0.25) is 5.91 Å². The standard InChI is InChI=1S/C19H24N5O2S.U/c1-12(2)17(24(21)10-13(20)11-25)19(26)23-9-5-7-15(23)18-22-14-6-3-4-8-16(14)27-18;/h3-4,6,8,10,12,15,17H,5,7,9,20-21H2,1-2H3;/q-1;/b13-10-;. The molecule has 2 aromatic rings. The molecule has 0 aliphatic carbocycles. The molecule has 1 aromatic carbocycles. The average Bonchev–Trinajstić information content (AvgIpc) is 3.27. The zero-order valence-electron chi connectivity index (χ0n) is 16.0. The summed E-state index contributed by atoms with van der Waals surface area (Å²) in [4.78, 5) is 30.6. The predicted molar refractivity (Wildman–Crippen MR) is 106 cm³/mol. The number of rotatable bonds is 6. The maximum atomic E-state index is 13.3. The molecule has 0 radical (unpaired) electrons. The maximum Gasteiger partial charge on any atom is 0.245 e. The molecule has 4 N–H and O–H groups in total. The maximum absolute atomic E-state index is 13.3. The first-order valence-corrected chi connectivity index (χ1v) is 9.78. The molecule has 2 atom stereocenters. The molecule has 1 aliphatic heterocycles. The van der Waals surface area contributed by atoms with E-state index in [1.807, 2.05) is 43.0 Å². The van der Waals surface area contributed by atoms with Gasteiger partial charge in [0.25, 0.3) is 0 Å². The van der Waals surface area contributed by atoms with Crippen LogP contribution in [0.15, 0.2) is 36.2 Å². The Labute approximate surface area is 192 Å². The Bertz CT molecular complexity index is 836. The number of para-hydroxylation sites is 1. The summed E-state index contributed by atoms with van der Waals surface area (Å²) in [6.45, 7) is 4.50. The number of allylic oxidation sites excluding steroid dienone is 1. The third-order valence-corrected chi connectivity index (χ3v) is 5.88. The van der Waals surface area contributed by atoms with E-state index in [0.29, 0.717) is 6.54 Å². The number of aromatic nitrogens is 1. The Balaban J connectivity index is 0.00000280. The summed E-state index contributed by atoms with van der Waals surface area (Å²) in [5.74, 6) is 5.91. The second-order valence-electron chi connectivity index (χ2n) is 7.03. The van der Waals surface area contributed by atoms with Gasteiger partial charge in [-0.25, -0.2) is 4.98 Å². The van der Waals surface area contributed by atoms with Gasteiger partial charge in [0.15, 0.2) is 0 Å². The van der Waals surface area contributed by atoms with Crippen LogP contribution < -0.4 is 11.6 Å². The van der Waals surface area contributed by atoms with Crippen LogP contribution in [0.1, 0.15) is 37.7 Å². The second-order valence-corrected chi connectivity index (χ2v) is 8.09. The van der Waals surface area contributed by atoms with E-state index in [1.165, 1.54) is 11.2 Å². The van der Waals surface area contributed by atoms with Crippen LogP contribution in [-0.2, 0) is 9.59 Å². The van der Waals surface area contributed by atoms with Crippen molar-refractivity contribution < 1.29 is 40.7 Å². The first-order chi connectivity index (χ1) is 12.9. The van der Waals surface area contributed by atoms with Gasteiger partial charge in [-0.05, 0) is 30.9 Å². The van der Waals surface area contributed by atoms with Crippen molar-refractivity contribution in [2.24, 2.45) is 17.5 Å². The first kappa shape index (κ1) is 22.9. The molecule has 1 amide bonds. The fourth-order valence-corrected chi connectivity index (χ4v) is 4.63. The fourth-order valence-electron chi connectivity index (χ4n) is 3.51. The van der Waals surface area contributed by atoms with Crippen LogP contribution in [0.3, 0.4) is 0 Å². The van der Waals surface area contributed by atoms with E-state index in [4.69, 9.17) is 16.6 Å². The number of thiazole rings is 1. The molecular weight excluding hydrogens is 600 g/mol. The number of amides is 1. The molecule has 0 bridgehead atoms. The number of fused-ring (bicyclic) bond motifs is 1. The molecule has 28 heavy (non-hydrogen) atoms. The first-order valence-electron chi connectivity index (χ1n) is 8.96. The number of hydrogen-bond acceptors (Lipinski definition) is 7. The van der Waals surface area contributed by atoms with E-state index in [-0.39, 0.29) is 54.7 Å². The van der Waals surface area contributed by atoms with Crippen LogP contribution in [0.5, 0.6) is 0 Å². The summed E-state index contributed by atoms with van der Waals surface area (Å²) in [5, 5.41) is 2.17. The molecule has 148 valence electrons. The van der Waals surface area contributed by atoms with Gasteiger partial charge in [0.05, 0.1) is 16.3 Å². The summed E-state index contributed by atoms with van der Waals surface area (Å²) in [5.41, 5.74) is 6.32. The summed E-state index contributed by atoms with van der Waals surface area (Å²) in [7, 11) is 0. The minimum absolute atomic E-state index is 0. The third kappa shape index (κ3) is 4.77. The van der Waals surface area contributed by atoms with Gasteiger partial charge in [-0.1, -0.05) is 31.7 Å². The number of benzene rings is 1. The van der Waals surface area contributed by atoms with E-state index >= 15 is 0 Å². The summed E-state index contributed by atoms with van der Waals surface area (Å²) in [6, 6.07) is 7.31. The molecular formula is C19H24N5O2SU-. The van der Waals surface area contributed by atoms with Crippen molar-refractivity contribution in [3.05, 3.63) is 41.2 Å². The topological polar surface area (TPSA) is 106 Å². The van der Waals surface area contributed by atoms with Crippen LogP contribution >= 0.6 is 11.3 Å². The Kier molecular flexibility index (Phi) is 8.08. The van der Waals surface area contributed by atoms with Crippen molar-refractivity contribution in [3.8, 4) is 0 Å².